The van der Waals surface area contributed by atoms with E-state index in [9.17, 15) is 19.7 Å². The van der Waals surface area contributed by atoms with Gasteiger partial charge in [0.15, 0.2) is 6.61 Å². The summed E-state index contributed by atoms with van der Waals surface area (Å²) >= 11 is 0. The summed E-state index contributed by atoms with van der Waals surface area (Å²) in [5.74, 6) is -1.07. The van der Waals surface area contributed by atoms with Gasteiger partial charge in [0, 0.05) is 17.7 Å². The molecule has 0 spiro atoms. The van der Waals surface area contributed by atoms with Crippen molar-refractivity contribution in [1.29, 1.82) is 0 Å². The largest absolute Gasteiger partial charge is 0.462 e. The highest BCUT2D eigenvalue weighted by Crippen LogP contribution is 2.16. The number of amides is 1. The Morgan fingerprint density at radius 2 is 2.00 bits per heavy atom. The number of esters is 1. The quantitative estimate of drug-likeness (QED) is 0.330. The average molecular weight is 371 g/mol. The van der Waals surface area contributed by atoms with Crippen LogP contribution in [0.1, 0.15) is 22.8 Å². The number of hydrogen-bond acceptors (Lipinski definition) is 7. The van der Waals surface area contributed by atoms with Crippen LogP contribution in [0.5, 0.6) is 0 Å². The predicted octanol–water partition coefficient (Wildman–Crippen LogP) is 2.76. The molecule has 140 valence electrons. The van der Waals surface area contributed by atoms with Gasteiger partial charge in [-0.3, -0.25) is 14.9 Å². The van der Waals surface area contributed by atoms with Crippen molar-refractivity contribution >= 4 is 29.5 Å². The summed E-state index contributed by atoms with van der Waals surface area (Å²) in [5, 5.41) is 16.9. The highest BCUT2D eigenvalue weighted by atomic mass is 16.6. The molecule has 0 saturated carbocycles. The molecule has 0 bridgehead atoms. The van der Waals surface area contributed by atoms with E-state index in [1.165, 1.54) is 30.5 Å². The van der Waals surface area contributed by atoms with E-state index in [0.717, 1.165) is 0 Å². The Balaban J connectivity index is 1.91. The van der Waals surface area contributed by atoms with E-state index >= 15 is 0 Å². The monoisotopic (exact) mass is 371 g/mol. The van der Waals surface area contributed by atoms with Gasteiger partial charge in [-0.25, -0.2) is 4.79 Å². The maximum Gasteiger partial charge on any atom is 0.340 e. The first-order valence-electron chi connectivity index (χ1n) is 7.97. The van der Waals surface area contributed by atoms with Crippen LogP contribution in [-0.2, 0) is 14.4 Å². The van der Waals surface area contributed by atoms with Gasteiger partial charge in [0.1, 0.15) is 0 Å². The predicted molar refractivity (Wildman–Crippen MR) is 97.7 cm³/mol. The number of rotatable bonds is 8. The number of anilines is 1. The van der Waals surface area contributed by atoms with Gasteiger partial charge < -0.3 is 14.9 Å². The highest BCUT2D eigenvalue weighted by Gasteiger charge is 2.14. The van der Waals surface area contributed by atoms with Gasteiger partial charge in [-0.2, -0.15) is 0 Å². The smallest absolute Gasteiger partial charge is 0.340 e. The molecular formula is C18H17N3O6. The molecule has 9 nitrogen and oxygen atoms in total. The van der Waals surface area contributed by atoms with Crippen LogP contribution in [0.25, 0.3) is 0 Å². The number of carbonyl (C=O) groups excluding carboxylic acids is 2. The van der Waals surface area contributed by atoms with Crippen molar-refractivity contribution in [3.8, 4) is 0 Å². The van der Waals surface area contributed by atoms with Crippen LogP contribution in [0.2, 0.25) is 0 Å². The number of carbonyl (C=O) groups is 2. The van der Waals surface area contributed by atoms with E-state index in [-0.39, 0.29) is 17.9 Å². The maximum absolute atomic E-state index is 11.9. The molecule has 0 aromatic heterocycles. The number of oxime groups is 1. The van der Waals surface area contributed by atoms with Gasteiger partial charge in [-0.1, -0.05) is 29.4 Å². The topological polar surface area (TPSA) is 120 Å². The molecule has 0 heterocycles. The zero-order valence-corrected chi connectivity index (χ0v) is 14.5. The SMILES string of the molecule is CCOC(=O)c1ccccc1NC(=O)CON=Cc1cccc([N+](=O)[O-])c1. The van der Waals surface area contributed by atoms with Crippen LogP contribution in [0.15, 0.2) is 53.7 Å². The van der Waals surface area contributed by atoms with Crippen LogP contribution in [-0.4, -0.2) is 36.2 Å². The van der Waals surface area contributed by atoms with Crippen molar-refractivity contribution in [3.63, 3.8) is 0 Å². The number of nitro benzene ring substituents is 1. The average Bonchev–Trinajstić information content (AvgIpc) is 2.66. The zero-order chi connectivity index (χ0) is 19.6. The van der Waals surface area contributed by atoms with Crippen molar-refractivity contribution in [3.05, 3.63) is 69.8 Å². The lowest BCUT2D eigenvalue weighted by Crippen LogP contribution is -2.19. The van der Waals surface area contributed by atoms with E-state index in [1.807, 2.05) is 0 Å². The Kier molecular flexibility index (Phi) is 7.00. The molecule has 0 aliphatic carbocycles. The molecule has 2 aromatic carbocycles. The minimum atomic E-state index is -0.544. The molecule has 0 fully saturated rings. The summed E-state index contributed by atoms with van der Waals surface area (Å²) in [7, 11) is 0. The first kappa shape index (κ1) is 19.6. The third-order valence-electron chi connectivity index (χ3n) is 3.25. The van der Waals surface area contributed by atoms with Crippen molar-refractivity contribution in [2.45, 2.75) is 6.92 Å². The fourth-order valence-corrected chi connectivity index (χ4v) is 2.08. The van der Waals surface area contributed by atoms with Gasteiger partial charge in [-0.15, -0.1) is 0 Å². The molecule has 1 amide bonds. The Labute approximate surface area is 154 Å². The minimum Gasteiger partial charge on any atom is -0.462 e. The molecule has 9 heteroatoms. The van der Waals surface area contributed by atoms with E-state index in [1.54, 1.807) is 31.2 Å². The highest BCUT2D eigenvalue weighted by molar-refractivity contribution is 6.01. The third-order valence-corrected chi connectivity index (χ3v) is 3.25. The maximum atomic E-state index is 11.9. The Morgan fingerprint density at radius 3 is 2.74 bits per heavy atom. The second kappa shape index (κ2) is 9.66. The number of ether oxygens (including phenoxy) is 1. The molecule has 0 atom stereocenters. The van der Waals surface area contributed by atoms with Crippen LogP contribution < -0.4 is 5.32 Å². The van der Waals surface area contributed by atoms with Gasteiger partial charge in [0.05, 0.1) is 29.0 Å². The Bertz CT molecular complexity index is 866. The summed E-state index contributed by atoms with van der Waals surface area (Å²) in [5.41, 5.74) is 0.907. The molecule has 0 aliphatic rings. The summed E-state index contributed by atoms with van der Waals surface area (Å²) in [6.45, 7) is 1.51. The number of para-hydroxylation sites is 1. The fraction of sp³-hybridized carbons (Fsp3) is 0.167. The molecule has 0 saturated heterocycles. The summed E-state index contributed by atoms with van der Waals surface area (Å²) in [6.07, 6.45) is 1.26. The van der Waals surface area contributed by atoms with Crippen molar-refractivity contribution in [2.75, 3.05) is 18.5 Å². The molecular weight excluding hydrogens is 354 g/mol. The normalized spacial score (nSPS) is 10.4. The van der Waals surface area contributed by atoms with Crippen LogP contribution in [0, 0.1) is 10.1 Å². The second-order valence-electron chi connectivity index (χ2n) is 5.17. The summed E-state index contributed by atoms with van der Waals surface area (Å²) in [4.78, 5) is 38.9. The standard InChI is InChI=1S/C18H17N3O6/c1-2-26-18(23)15-8-3-4-9-16(15)20-17(22)12-27-19-11-13-6-5-7-14(10-13)21(24)25/h3-11H,2,12H2,1H3,(H,20,22). The van der Waals surface area contributed by atoms with Crippen molar-refractivity contribution in [2.24, 2.45) is 5.16 Å². The molecule has 2 rings (SSSR count). The number of nitrogens with one attached hydrogen (secondary N) is 1. The first-order valence-corrected chi connectivity index (χ1v) is 7.97. The summed E-state index contributed by atoms with van der Waals surface area (Å²) in [6, 6.07) is 12.2. The second-order valence-corrected chi connectivity index (χ2v) is 5.17. The van der Waals surface area contributed by atoms with Gasteiger partial charge in [-0.05, 0) is 19.1 Å². The number of nitrogens with zero attached hydrogens (tertiary/aromatic N) is 2. The first-order chi connectivity index (χ1) is 13.0. The summed E-state index contributed by atoms with van der Waals surface area (Å²) < 4.78 is 4.93. The molecule has 0 aliphatic heterocycles. The lowest BCUT2D eigenvalue weighted by molar-refractivity contribution is -0.384. The molecule has 1 N–H and O–H groups in total. The van der Waals surface area contributed by atoms with Gasteiger partial charge in [0.25, 0.3) is 11.6 Å². The Morgan fingerprint density at radius 1 is 1.22 bits per heavy atom. The van der Waals surface area contributed by atoms with Crippen molar-refractivity contribution in [1.82, 2.24) is 0 Å². The molecule has 0 unspecified atom stereocenters. The lowest BCUT2D eigenvalue weighted by Gasteiger charge is -2.09. The minimum absolute atomic E-state index is 0.0766. The molecule has 0 radical (unpaired) electrons. The number of hydrogen-bond donors (Lipinski definition) is 1. The zero-order valence-electron chi connectivity index (χ0n) is 14.5. The van der Waals surface area contributed by atoms with E-state index in [4.69, 9.17) is 9.57 Å². The van der Waals surface area contributed by atoms with Crippen molar-refractivity contribution < 1.29 is 24.1 Å². The van der Waals surface area contributed by atoms with E-state index in [2.05, 4.69) is 10.5 Å². The number of nitro groups is 1. The third kappa shape index (κ3) is 5.92. The van der Waals surface area contributed by atoms with Crippen LogP contribution in [0.4, 0.5) is 11.4 Å². The van der Waals surface area contributed by atoms with Gasteiger partial charge in [0.2, 0.25) is 0 Å². The molecule has 2 aromatic rings. The van der Waals surface area contributed by atoms with Crippen LogP contribution >= 0.6 is 0 Å². The lowest BCUT2D eigenvalue weighted by atomic mass is 10.2. The van der Waals surface area contributed by atoms with E-state index in [0.29, 0.717) is 11.3 Å². The van der Waals surface area contributed by atoms with E-state index < -0.39 is 23.4 Å². The van der Waals surface area contributed by atoms with Gasteiger partial charge >= 0.3 is 5.97 Å². The number of non-ortho nitro benzene ring substituents is 1. The Hall–Kier alpha value is -3.75. The number of benzene rings is 2. The molecule has 27 heavy (non-hydrogen) atoms. The van der Waals surface area contributed by atoms with Crippen LogP contribution in [0.3, 0.4) is 0 Å². The fourth-order valence-electron chi connectivity index (χ4n) is 2.08.